The highest BCUT2D eigenvalue weighted by Crippen LogP contribution is 2.32. The number of alkyl halides is 3. The van der Waals surface area contributed by atoms with Crippen molar-refractivity contribution < 1.29 is 41.8 Å². The van der Waals surface area contributed by atoms with Crippen molar-refractivity contribution in [3.05, 3.63) is 24.2 Å². The summed E-state index contributed by atoms with van der Waals surface area (Å²) in [5.41, 5.74) is 0.625. The highest BCUT2D eigenvalue weighted by molar-refractivity contribution is 5.94. The molecule has 11 heteroatoms. The minimum Gasteiger partial charge on any atom is -0.475 e. The zero-order valence-corrected chi connectivity index (χ0v) is 16.9. The van der Waals surface area contributed by atoms with E-state index in [1.807, 2.05) is 19.0 Å². The van der Waals surface area contributed by atoms with Gasteiger partial charge in [0.15, 0.2) is 0 Å². The average molecular weight is 436 g/mol. The molecule has 0 aliphatic carbocycles. The Morgan fingerprint density at radius 1 is 1.30 bits per heavy atom. The molecule has 3 atom stereocenters. The first-order valence-electron chi connectivity index (χ1n) is 9.60. The molecule has 0 bridgehead atoms. The Bertz CT molecular complexity index is 680. The monoisotopic (exact) mass is 436 g/mol. The topological polar surface area (TPSA) is 92.5 Å². The van der Waals surface area contributed by atoms with E-state index >= 15 is 0 Å². The van der Waals surface area contributed by atoms with Crippen LogP contribution >= 0.6 is 0 Å². The van der Waals surface area contributed by atoms with E-state index in [1.165, 1.54) is 6.26 Å². The van der Waals surface area contributed by atoms with Crippen LogP contribution in [0.15, 0.2) is 23.0 Å². The van der Waals surface area contributed by atoms with Gasteiger partial charge in [-0.3, -0.25) is 4.79 Å². The lowest BCUT2D eigenvalue weighted by atomic mass is 9.99. The number of hydrogen-bond donors (Lipinski definition) is 1. The molecule has 8 nitrogen and oxygen atoms in total. The molecule has 30 heavy (non-hydrogen) atoms. The summed E-state index contributed by atoms with van der Waals surface area (Å²) in [4.78, 5) is 25.4. The number of likely N-dealkylation sites (N-methyl/N-ethyl adjacent to an activating group) is 1. The Morgan fingerprint density at radius 2 is 2.00 bits per heavy atom. The van der Waals surface area contributed by atoms with E-state index in [0.717, 1.165) is 39.0 Å². The molecule has 3 heterocycles. The van der Waals surface area contributed by atoms with E-state index in [9.17, 15) is 18.0 Å². The van der Waals surface area contributed by atoms with Crippen LogP contribution in [0, 0.1) is 0 Å². The van der Waals surface area contributed by atoms with Gasteiger partial charge in [-0.25, -0.2) is 4.79 Å². The van der Waals surface area contributed by atoms with Crippen molar-refractivity contribution in [2.75, 3.05) is 40.4 Å². The number of carboxylic acids is 1. The fraction of sp³-hybridized carbons (Fsp3) is 0.684. The van der Waals surface area contributed by atoms with Gasteiger partial charge in [0, 0.05) is 13.1 Å². The van der Waals surface area contributed by atoms with E-state index in [1.54, 1.807) is 12.3 Å². The second-order valence-corrected chi connectivity index (χ2v) is 7.42. The molecule has 0 saturated carbocycles. The SMILES string of the molecule is CN(C)CCOC[C@H]1CC[C@H]2[C@H](CCN2C(=O)c2ccoc2)O1.O=C(O)C(F)(F)F. The summed E-state index contributed by atoms with van der Waals surface area (Å²) < 4.78 is 48.6. The second-order valence-electron chi connectivity index (χ2n) is 7.42. The molecular weight excluding hydrogens is 409 g/mol. The maximum Gasteiger partial charge on any atom is 0.490 e. The van der Waals surface area contributed by atoms with Gasteiger partial charge in [0.2, 0.25) is 0 Å². The number of rotatable bonds is 6. The zero-order valence-electron chi connectivity index (χ0n) is 16.9. The molecule has 0 aromatic carbocycles. The number of ether oxygens (including phenoxy) is 2. The summed E-state index contributed by atoms with van der Waals surface area (Å²) >= 11 is 0. The van der Waals surface area contributed by atoms with Crippen LogP contribution in [0.5, 0.6) is 0 Å². The van der Waals surface area contributed by atoms with E-state index in [-0.39, 0.29) is 24.2 Å². The van der Waals surface area contributed by atoms with Crippen molar-refractivity contribution >= 4 is 11.9 Å². The summed E-state index contributed by atoms with van der Waals surface area (Å²) in [6.07, 6.45) is 1.10. The predicted molar refractivity (Wildman–Crippen MR) is 99.1 cm³/mol. The molecule has 1 N–H and O–H groups in total. The molecule has 2 fully saturated rings. The third-order valence-corrected chi connectivity index (χ3v) is 4.89. The number of furan rings is 1. The lowest BCUT2D eigenvalue weighted by Crippen LogP contribution is -2.46. The minimum absolute atomic E-state index is 0.0514. The first kappa shape index (κ1) is 24.2. The number of fused-ring (bicyclic) bond motifs is 1. The van der Waals surface area contributed by atoms with Crippen molar-refractivity contribution in [2.24, 2.45) is 0 Å². The Kier molecular flexibility index (Phi) is 8.68. The van der Waals surface area contributed by atoms with Gasteiger partial charge >= 0.3 is 12.1 Å². The van der Waals surface area contributed by atoms with Gasteiger partial charge in [-0.05, 0) is 39.4 Å². The summed E-state index contributed by atoms with van der Waals surface area (Å²) in [6.45, 7) is 3.05. The number of amides is 1. The first-order valence-corrected chi connectivity index (χ1v) is 9.60. The smallest absolute Gasteiger partial charge is 0.475 e. The Hall–Kier alpha value is -2.11. The van der Waals surface area contributed by atoms with Crippen LogP contribution in [0.25, 0.3) is 0 Å². The average Bonchev–Trinajstić information content (AvgIpc) is 3.34. The van der Waals surface area contributed by atoms with Crippen molar-refractivity contribution in [3.63, 3.8) is 0 Å². The number of aliphatic carboxylic acids is 1. The molecule has 0 unspecified atom stereocenters. The van der Waals surface area contributed by atoms with Crippen LogP contribution in [0.4, 0.5) is 13.2 Å². The molecule has 2 aliphatic rings. The number of carbonyl (C=O) groups excluding carboxylic acids is 1. The molecule has 2 aliphatic heterocycles. The number of carboxylic acid groups (broad SMARTS) is 1. The van der Waals surface area contributed by atoms with Gasteiger partial charge in [0.05, 0.1) is 43.3 Å². The largest absolute Gasteiger partial charge is 0.490 e. The van der Waals surface area contributed by atoms with Crippen LogP contribution in [0.1, 0.15) is 29.6 Å². The zero-order chi connectivity index (χ0) is 22.3. The van der Waals surface area contributed by atoms with Crippen molar-refractivity contribution in [1.82, 2.24) is 9.80 Å². The molecule has 1 amide bonds. The van der Waals surface area contributed by atoms with Gasteiger partial charge in [0.1, 0.15) is 6.26 Å². The molecule has 0 radical (unpaired) electrons. The molecule has 2 saturated heterocycles. The van der Waals surface area contributed by atoms with Gasteiger partial charge in [-0.2, -0.15) is 13.2 Å². The van der Waals surface area contributed by atoms with Gasteiger partial charge in [0.25, 0.3) is 5.91 Å². The Morgan fingerprint density at radius 3 is 2.57 bits per heavy atom. The standard InChI is InChI=1S/C17H26N2O4.C2HF3O2/c1-18(2)8-10-22-12-14-3-4-15-16(23-14)5-7-19(15)17(20)13-6-9-21-11-13;3-2(4,5)1(6)7/h6,9,11,14-16H,3-5,7-8,10,12H2,1-2H3;(H,6,7)/t14-,15+,16+;/m1./s1. The number of hydrogen-bond acceptors (Lipinski definition) is 6. The van der Waals surface area contributed by atoms with E-state index in [4.69, 9.17) is 23.8 Å². The molecule has 3 rings (SSSR count). The Labute approximate surface area is 172 Å². The number of carbonyl (C=O) groups is 2. The van der Waals surface area contributed by atoms with Crippen LogP contribution < -0.4 is 0 Å². The molecule has 170 valence electrons. The summed E-state index contributed by atoms with van der Waals surface area (Å²) in [5, 5.41) is 7.12. The molecular formula is C19H27F3N2O6. The third-order valence-electron chi connectivity index (χ3n) is 4.89. The molecule has 1 aromatic rings. The molecule has 0 spiro atoms. The fourth-order valence-electron chi connectivity index (χ4n) is 3.39. The van der Waals surface area contributed by atoms with Crippen molar-refractivity contribution in [2.45, 2.75) is 43.7 Å². The van der Waals surface area contributed by atoms with Crippen LogP contribution in [0.3, 0.4) is 0 Å². The van der Waals surface area contributed by atoms with E-state index < -0.39 is 12.1 Å². The maximum atomic E-state index is 12.5. The summed E-state index contributed by atoms with van der Waals surface area (Å²) in [7, 11) is 4.07. The number of halogens is 3. The predicted octanol–water partition coefficient (Wildman–Crippen LogP) is 2.25. The van der Waals surface area contributed by atoms with Gasteiger partial charge < -0.3 is 28.8 Å². The highest BCUT2D eigenvalue weighted by Gasteiger charge is 2.42. The lowest BCUT2D eigenvalue weighted by molar-refractivity contribution is -0.192. The van der Waals surface area contributed by atoms with Crippen LogP contribution in [-0.4, -0.2) is 91.6 Å². The fourth-order valence-corrected chi connectivity index (χ4v) is 3.39. The van der Waals surface area contributed by atoms with Crippen LogP contribution in [0.2, 0.25) is 0 Å². The van der Waals surface area contributed by atoms with E-state index in [0.29, 0.717) is 12.2 Å². The third kappa shape index (κ3) is 6.99. The first-order chi connectivity index (χ1) is 14.1. The van der Waals surface area contributed by atoms with E-state index in [2.05, 4.69) is 4.90 Å². The number of likely N-dealkylation sites (tertiary alicyclic amines) is 1. The maximum absolute atomic E-state index is 12.5. The number of nitrogens with zero attached hydrogens (tertiary/aromatic N) is 2. The van der Waals surface area contributed by atoms with Crippen molar-refractivity contribution in [1.29, 1.82) is 0 Å². The highest BCUT2D eigenvalue weighted by atomic mass is 19.4. The second kappa shape index (κ2) is 10.8. The summed E-state index contributed by atoms with van der Waals surface area (Å²) in [5.74, 6) is -2.71. The lowest BCUT2D eigenvalue weighted by Gasteiger charge is -2.35. The van der Waals surface area contributed by atoms with Gasteiger partial charge in [-0.15, -0.1) is 0 Å². The van der Waals surface area contributed by atoms with Crippen LogP contribution in [-0.2, 0) is 14.3 Å². The summed E-state index contributed by atoms with van der Waals surface area (Å²) in [6, 6.07) is 1.91. The Balaban J connectivity index is 0.000000396. The minimum atomic E-state index is -5.08. The van der Waals surface area contributed by atoms with Gasteiger partial charge in [-0.1, -0.05) is 0 Å². The molecule has 1 aromatic heterocycles. The van der Waals surface area contributed by atoms with Crippen molar-refractivity contribution in [3.8, 4) is 0 Å². The normalized spacial score (nSPS) is 23.7. The quantitative estimate of drug-likeness (QED) is 0.684.